The molecule has 0 aromatic heterocycles. The Morgan fingerprint density at radius 1 is 1.00 bits per heavy atom. The molecule has 0 saturated carbocycles. The van der Waals surface area contributed by atoms with Crippen LogP contribution in [0.25, 0.3) is 0 Å². The average Bonchev–Trinajstić information content (AvgIpc) is 2.60. The Kier molecular flexibility index (Phi) is 7.51. The highest BCUT2D eigenvalue weighted by molar-refractivity contribution is 8.13. The monoisotopic (exact) mass is 425 g/mol. The summed E-state index contributed by atoms with van der Waals surface area (Å²) in [6.07, 6.45) is 0. The molecule has 11 heteroatoms. The highest BCUT2D eigenvalue weighted by atomic mass is 32.2. The summed E-state index contributed by atoms with van der Waals surface area (Å²) in [5.74, 6) is 0.243. The lowest BCUT2D eigenvalue weighted by molar-refractivity contribution is -0.385. The molecule has 0 atom stereocenters. The number of amidine groups is 2. The third-order valence-corrected chi connectivity index (χ3v) is 6.03. The second-order valence-corrected chi connectivity index (χ2v) is 8.33. The molecule has 0 aliphatic heterocycles. The molecule has 2 aromatic rings. The predicted octanol–water partition coefficient (Wildman–Crippen LogP) is 4.14. The average molecular weight is 426 g/mol. The molecule has 6 N–H and O–H groups in total. The van der Waals surface area contributed by atoms with Crippen molar-refractivity contribution in [2.45, 2.75) is 21.3 Å². The zero-order valence-corrected chi connectivity index (χ0v) is 16.3. The molecule has 142 valence electrons. The van der Waals surface area contributed by atoms with Crippen LogP contribution in [0.2, 0.25) is 0 Å². The Hall–Kier alpha value is -2.24. The van der Waals surface area contributed by atoms with E-state index in [4.69, 9.17) is 22.3 Å². The zero-order chi connectivity index (χ0) is 20.0. The van der Waals surface area contributed by atoms with Gasteiger partial charge in [0.15, 0.2) is 10.3 Å². The fourth-order valence-corrected chi connectivity index (χ4v) is 4.40. The Labute approximate surface area is 167 Å². The number of rotatable bonds is 7. The van der Waals surface area contributed by atoms with Crippen LogP contribution >= 0.6 is 35.3 Å². The molecule has 27 heavy (non-hydrogen) atoms. The van der Waals surface area contributed by atoms with Gasteiger partial charge in [-0.25, -0.2) is 4.39 Å². The first-order chi connectivity index (χ1) is 12.8. The van der Waals surface area contributed by atoms with Crippen LogP contribution in [-0.4, -0.2) is 15.3 Å². The number of hydrogen-bond acceptors (Lipinski definition) is 7. The predicted molar refractivity (Wildman–Crippen MR) is 110 cm³/mol. The number of hydrogen-bond donors (Lipinski definition) is 4. The third-order valence-electron chi connectivity index (χ3n) is 3.26. The van der Waals surface area contributed by atoms with Crippen molar-refractivity contribution in [3.63, 3.8) is 0 Å². The Bertz CT molecular complexity index is 894. The molecule has 0 amide bonds. The van der Waals surface area contributed by atoms with Gasteiger partial charge in [0.2, 0.25) is 0 Å². The molecular weight excluding hydrogens is 409 g/mol. The van der Waals surface area contributed by atoms with Crippen LogP contribution in [0, 0.1) is 26.8 Å². The van der Waals surface area contributed by atoms with Gasteiger partial charge in [0.25, 0.3) is 5.69 Å². The summed E-state index contributed by atoms with van der Waals surface area (Å²) in [7, 11) is 0. The number of nitrogens with zero attached hydrogens (tertiary/aromatic N) is 1. The third kappa shape index (κ3) is 6.45. The number of halogens is 1. The molecule has 0 unspecified atom stereocenters. The fourth-order valence-electron chi connectivity index (χ4n) is 2.08. The molecule has 0 aliphatic rings. The molecule has 2 aromatic carbocycles. The summed E-state index contributed by atoms with van der Waals surface area (Å²) in [6.45, 7) is 0. The van der Waals surface area contributed by atoms with Gasteiger partial charge >= 0.3 is 0 Å². The van der Waals surface area contributed by atoms with E-state index < -0.39 is 10.7 Å². The molecule has 0 fully saturated rings. The SMILES string of the molecule is N=C(N)SCc1cc(F)ccc1Sc1ccc([N+](=O)[O-])cc1CSC(=N)N. The molecule has 0 bridgehead atoms. The summed E-state index contributed by atoms with van der Waals surface area (Å²) in [5.41, 5.74) is 12.0. The van der Waals surface area contributed by atoms with Crippen molar-refractivity contribution in [2.24, 2.45) is 11.5 Å². The minimum Gasteiger partial charge on any atom is -0.379 e. The lowest BCUT2D eigenvalue weighted by Gasteiger charge is -2.12. The van der Waals surface area contributed by atoms with E-state index in [1.165, 1.54) is 36.0 Å². The number of nitro benzene ring substituents is 1. The maximum Gasteiger partial charge on any atom is 0.269 e. The van der Waals surface area contributed by atoms with Crippen molar-refractivity contribution in [2.75, 3.05) is 0 Å². The molecule has 0 aliphatic carbocycles. The normalized spacial score (nSPS) is 10.6. The van der Waals surface area contributed by atoms with Crippen molar-refractivity contribution in [1.82, 2.24) is 0 Å². The van der Waals surface area contributed by atoms with Crippen molar-refractivity contribution < 1.29 is 9.31 Å². The molecule has 7 nitrogen and oxygen atoms in total. The van der Waals surface area contributed by atoms with Gasteiger partial charge in [0.05, 0.1) is 4.92 Å². The van der Waals surface area contributed by atoms with E-state index >= 15 is 0 Å². The number of nitro groups is 1. The van der Waals surface area contributed by atoms with Gasteiger partial charge in [-0.2, -0.15) is 0 Å². The quantitative estimate of drug-likeness (QED) is 0.226. The Morgan fingerprint density at radius 2 is 1.52 bits per heavy atom. The molecule has 0 spiro atoms. The number of non-ortho nitro benzene ring substituents is 1. The molecule has 2 rings (SSSR count). The minimum atomic E-state index is -0.483. The molecular formula is C16H16FN5O2S3. The highest BCUT2D eigenvalue weighted by Crippen LogP contribution is 2.37. The molecule has 0 saturated heterocycles. The first kappa shape index (κ1) is 21.1. The first-order valence-corrected chi connectivity index (χ1v) is 10.2. The van der Waals surface area contributed by atoms with E-state index in [1.54, 1.807) is 12.1 Å². The van der Waals surface area contributed by atoms with Crippen LogP contribution in [0.4, 0.5) is 10.1 Å². The van der Waals surface area contributed by atoms with E-state index in [9.17, 15) is 14.5 Å². The summed E-state index contributed by atoms with van der Waals surface area (Å²) < 4.78 is 13.6. The van der Waals surface area contributed by atoms with Gasteiger partial charge in [0, 0.05) is 33.4 Å². The largest absolute Gasteiger partial charge is 0.379 e. The van der Waals surface area contributed by atoms with Crippen LogP contribution in [0.5, 0.6) is 0 Å². The van der Waals surface area contributed by atoms with Gasteiger partial charge in [-0.3, -0.25) is 20.9 Å². The Balaban J connectivity index is 2.36. The summed E-state index contributed by atoms with van der Waals surface area (Å²) in [4.78, 5) is 12.1. The van der Waals surface area contributed by atoms with Crippen LogP contribution in [0.3, 0.4) is 0 Å². The van der Waals surface area contributed by atoms with E-state index in [0.29, 0.717) is 22.6 Å². The second-order valence-electron chi connectivity index (χ2n) is 5.21. The van der Waals surface area contributed by atoms with E-state index in [2.05, 4.69) is 0 Å². The number of benzene rings is 2. The topological polar surface area (TPSA) is 143 Å². The van der Waals surface area contributed by atoms with E-state index in [0.717, 1.165) is 33.3 Å². The van der Waals surface area contributed by atoms with Gasteiger partial charge in [0.1, 0.15) is 5.82 Å². The standard InChI is InChI=1S/C16H16FN5O2S3/c17-11-1-3-13(9(5-11)7-25-15(18)19)27-14-4-2-12(22(23)24)6-10(14)8-26-16(20)21/h1-6H,7-8H2,(H3,18,19)(H3,20,21). The maximum absolute atomic E-state index is 13.6. The number of thioether (sulfide) groups is 2. The number of nitrogens with one attached hydrogen (secondary N) is 2. The molecule has 0 radical (unpaired) electrons. The first-order valence-electron chi connectivity index (χ1n) is 7.43. The van der Waals surface area contributed by atoms with Gasteiger partial charge in [-0.15, -0.1) is 0 Å². The summed E-state index contributed by atoms with van der Waals surface area (Å²) >= 11 is 3.49. The van der Waals surface area contributed by atoms with Crippen LogP contribution in [0.1, 0.15) is 11.1 Å². The minimum absolute atomic E-state index is 0.0510. The lowest BCUT2D eigenvalue weighted by Crippen LogP contribution is -2.05. The van der Waals surface area contributed by atoms with Crippen LogP contribution in [-0.2, 0) is 11.5 Å². The van der Waals surface area contributed by atoms with Crippen molar-refractivity contribution in [3.8, 4) is 0 Å². The van der Waals surface area contributed by atoms with Gasteiger partial charge in [-0.1, -0.05) is 35.3 Å². The van der Waals surface area contributed by atoms with Crippen LogP contribution in [0.15, 0.2) is 46.2 Å². The number of nitrogens with two attached hydrogens (primary N) is 2. The summed E-state index contributed by atoms with van der Waals surface area (Å²) in [5, 5.41) is 25.6. The van der Waals surface area contributed by atoms with Crippen molar-refractivity contribution in [3.05, 3.63) is 63.5 Å². The fraction of sp³-hybridized carbons (Fsp3) is 0.125. The van der Waals surface area contributed by atoms with Gasteiger partial charge in [-0.05, 0) is 35.4 Å². The van der Waals surface area contributed by atoms with Crippen molar-refractivity contribution in [1.29, 1.82) is 10.8 Å². The van der Waals surface area contributed by atoms with E-state index in [-0.39, 0.29) is 16.0 Å². The van der Waals surface area contributed by atoms with E-state index in [1.807, 2.05) is 0 Å². The highest BCUT2D eigenvalue weighted by Gasteiger charge is 2.15. The zero-order valence-electron chi connectivity index (χ0n) is 13.9. The van der Waals surface area contributed by atoms with Gasteiger partial charge < -0.3 is 11.5 Å². The molecule has 0 heterocycles. The smallest absolute Gasteiger partial charge is 0.269 e. The second kappa shape index (κ2) is 9.62. The maximum atomic E-state index is 13.6. The Morgan fingerprint density at radius 3 is 2.04 bits per heavy atom. The lowest BCUT2D eigenvalue weighted by atomic mass is 10.2. The van der Waals surface area contributed by atoms with Crippen LogP contribution < -0.4 is 11.5 Å². The summed E-state index contributed by atoms with van der Waals surface area (Å²) in [6, 6.07) is 8.82. The van der Waals surface area contributed by atoms with Crippen molar-refractivity contribution >= 4 is 51.3 Å².